The Balaban J connectivity index is 1.16. The molecule has 0 saturated carbocycles. The Morgan fingerprint density at radius 1 is 0.920 bits per heavy atom. The van der Waals surface area contributed by atoms with Crippen LogP contribution in [0.3, 0.4) is 0 Å². The number of unbranched alkanes of at least 4 members (excludes halogenated alkanes) is 3. The number of rotatable bonds is 20. The van der Waals surface area contributed by atoms with Crippen LogP contribution in [0.4, 0.5) is 4.79 Å². The van der Waals surface area contributed by atoms with Crippen molar-refractivity contribution in [2.75, 3.05) is 65.7 Å². The minimum atomic E-state index is -0.373. The van der Waals surface area contributed by atoms with Crippen molar-refractivity contribution in [1.29, 1.82) is 0 Å². The lowest BCUT2D eigenvalue weighted by Crippen LogP contribution is -2.63. The van der Waals surface area contributed by atoms with Gasteiger partial charge in [-0.15, -0.1) is 0 Å². The zero-order chi connectivity index (χ0) is 36.2. The first-order valence-corrected chi connectivity index (χ1v) is 20.9. The molecule has 3 N–H and O–H groups in total. The van der Waals surface area contributed by atoms with Crippen molar-refractivity contribution in [1.82, 2.24) is 35.6 Å². The summed E-state index contributed by atoms with van der Waals surface area (Å²) < 4.78 is 0. The number of nitrogens with zero attached hydrogens (tertiary/aromatic N) is 4. The van der Waals surface area contributed by atoms with Crippen LogP contribution in [0.15, 0.2) is 0 Å². The summed E-state index contributed by atoms with van der Waals surface area (Å²) in [7, 11) is 4.24. The average molecular weight is 720 g/mol. The van der Waals surface area contributed by atoms with Crippen LogP contribution in [-0.2, 0) is 14.4 Å². The maximum atomic E-state index is 14.2. The van der Waals surface area contributed by atoms with Crippen molar-refractivity contribution in [2.24, 2.45) is 17.8 Å². The summed E-state index contributed by atoms with van der Waals surface area (Å²) in [5.41, 5.74) is 0. The number of amides is 5. The largest absolute Gasteiger partial charge is 0.356 e. The smallest absolute Gasteiger partial charge is 0.315 e. The highest BCUT2D eigenvalue weighted by atomic mass is 32.2. The normalized spacial score (nSPS) is 25.4. The third-order valence-electron chi connectivity index (χ3n) is 11.1. The summed E-state index contributed by atoms with van der Waals surface area (Å²) in [6.07, 6.45) is 11.2. The minimum absolute atomic E-state index is 0.0490. The number of hydrogen-bond acceptors (Lipinski definition) is 7. The van der Waals surface area contributed by atoms with Gasteiger partial charge in [0.2, 0.25) is 17.7 Å². The summed E-state index contributed by atoms with van der Waals surface area (Å²) in [5.74, 6) is 2.76. The Morgan fingerprint density at radius 2 is 1.68 bits per heavy atom. The molecule has 5 atom stereocenters. The van der Waals surface area contributed by atoms with Gasteiger partial charge in [-0.05, 0) is 103 Å². The fourth-order valence-corrected chi connectivity index (χ4v) is 9.78. The summed E-state index contributed by atoms with van der Waals surface area (Å²) >= 11 is 1.92. The number of carbonyl (C=O) groups excluding carboxylic acids is 4. The molecule has 4 fully saturated rings. The molecule has 0 aromatic heterocycles. The van der Waals surface area contributed by atoms with Gasteiger partial charge in [0.1, 0.15) is 6.04 Å². The Kier molecular flexibility index (Phi) is 16.5. The van der Waals surface area contributed by atoms with Gasteiger partial charge in [0.25, 0.3) is 0 Å². The lowest BCUT2D eigenvalue weighted by atomic mass is 9.91. The van der Waals surface area contributed by atoms with Crippen molar-refractivity contribution in [3.8, 4) is 0 Å². The molecule has 0 aromatic carbocycles. The van der Waals surface area contributed by atoms with Crippen molar-refractivity contribution < 1.29 is 19.2 Å². The molecule has 286 valence electrons. The number of thioether (sulfide) groups is 1. The van der Waals surface area contributed by atoms with Gasteiger partial charge in [-0.1, -0.05) is 40.5 Å². The SMILES string of the molecule is CC(C)C[C@H]1C(=O)N([C@@H](CC(C)C)C(=O)N2CCC(CCN(C)C)CC2)CCN1CCCCCNC(=O)CCCC[C@@H]1SCC2NC(=O)NC21. The molecular weight excluding hydrogens is 651 g/mol. The zero-order valence-electron chi connectivity index (χ0n) is 32.1. The first-order valence-electron chi connectivity index (χ1n) is 19.9. The molecule has 5 amide bonds. The predicted octanol–water partition coefficient (Wildman–Crippen LogP) is 4.16. The van der Waals surface area contributed by atoms with Crippen LogP contribution in [0.5, 0.6) is 0 Å². The summed E-state index contributed by atoms with van der Waals surface area (Å²) in [5, 5.41) is 9.56. The maximum absolute atomic E-state index is 14.2. The molecule has 4 saturated heterocycles. The van der Waals surface area contributed by atoms with Crippen LogP contribution < -0.4 is 16.0 Å². The molecule has 0 bridgehead atoms. The molecule has 0 aromatic rings. The molecule has 4 aliphatic rings. The van der Waals surface area contributed by atoms with E-state index in [0.717, 1.165) is 96.3 Å². The second-order valence-corrected chi connectivity index (χ2v) is 17.8. The number of nitrogens with one attached hydrogen (secondary N) is 3. The van der Waals surface area contributed by atoms with Gasteiger partial charge in [-0.25, -0.2) is 4.79 Å². The van der Waals surface area contributed by atoms with E-state index in [0.29, 0.717) is 48.9 Å². The van der Waals surface area contributed by atoms with Gasteiger partial charge in [0, 0.05) is 50.1 Å². The number of carbonyl (C=O) groups is 4. The lowest BCUT2D eigenvalue weighted by molar-refractivity contribution is -0.155. The van der Waals surface area contributed by atoms with Crippen LogP contribution in [0.25, 0.3) is 0 Å². The molecular formula is C38H69N7O4S. The number of urea groups is 1. The van der Waals surface area contributed by atoms with E-state index in [1.54, 1.807) is 0 Å². The van der Waals surface area contributed by atoms with E-state index < -0.39 is 0 Å². The molecule has 4 rings (SSSR count). The fourth-order valence-electron chi connectivity index (χ4n) is 8.23. The number of fused-ring (bicyclic) bond motifs is 1. The molecule has 0 spiro atoms. The highest BCUT2D eigenvalue weighted by molar-refractivity contribution is 8.00. The molecule has 11 nitrogen and oxygen atoms in total. The van der Waals surface area contributed by atoms with Crippen molar-refractivity contribution in [2.45, 2.75) is 134 Å². The van der Waals surface area contributed by atoms with Crippen molar-refractivity contribution in [3.63, 3.8) is 0 Å². The second-order valence-electron chi connectivity index (χ2n) is 16.5. The van der Waals surface area contributed by atoms with E-state index in [4.69, 9.17) is 0 Å². The van der Waals surface area contributed by atoms with Crippen molar-refractivity contribution in [3.05, 3.63) is 0 Å². The summed E-state index contributed by atoms with van der Waals surface area (Å²) in [6.45, 7) is 14.3. The number of piperidine rings is 1. The fraction of sp³-hybridized carbons (Fsp3) is 0.895. The predicted molar refractivity (Wildman–Crippen MR) is 203 cm³/mol. The van der Waals surface area contributed by atoms with Gasteiger partial charge < -0.3 is 30.7 Å². The summed E-state index contributed by atoms with van der Waals surface area (Å²) in [4.78, 5) is 60.8. The third-order valence-corrected chi connectivity index (χ3v) is 12.6. The van der Waals surface area contributed by atoms with Gasteiger partial charge in [0.05, 0.1) is 18.1 Å². The Morgan fingerprint density at radius 3 is 2.38 bits per heavy atom. The van der Waals surface area contributed by atoms with Crippen LogP contribution >= 0.6 is 11.8 Å². The number of hydrogen-bond donors (Lipinski definition) is 3. The Labute approximate surface area is 307 Å². The van der Waals surface area contributed by atoms with E-state index in [1.807, 2.05) is 16.7 Å². The van der Waals surface area contributed by atoms with E-state index in [2.05, 4.69) is 72.4 Å². The lowest BCUT2D eigenvalue weighted by Gasteiger charge is -2.45. The van der Waals surface area contributed by atoms with Crippen molar-refractivity contribution >= 4 is 35.5 Å². The van der Waals surface area contributed by atoms with Crippen LogP contribution in [-0.4, -0.2) is 138 Å². The minimum Gasteiger partial charge on any atom is -0.356 e. The molecule has 50 heavy (non-hydrogen) atoms. The first-order chi connectivity index (χ1) is 23.9. The Bertz CT molecular complexity index is 1100. The molecule has 2 unspecified atom stereocenters. The average Bonchev–Trinajstić information content (AvgIpc) is 3.62. The quantitative estimate of drug-likeness (QED) is 0.128. The number of likely N-dealkylation sites (tertiary alicyclic amines) is 1. The highest BCUT2D eigenvalue weighted by Crippen LogP contribution is 2.33. The van der Waals surface area contributed by atoms with Gasteiger partial charge in [-0.3, -0.25) is 19.3 Å². The van der Waals surface area contributed by atoms with E-state index in [-0.39, 0.29) is 47.9 Å². The molecule has 4 aliphatic heterocycles. The number of piperazine rings is 1. The van der Waals surface area contributed by atoms with Gasteiger partial charge in [0.15, 0.2) is 0 Å². The highest BCUT2D eigenvalue weighted by Gasteiger charge is 2.43. The van der Waals surface area contributed by atoms with E-state index in [9.17, 15) is 19.2 Å². The van der Waals surface area contributed by atoms with Crippen LogP contribution in [0, 0.1) is 17.8 Å². The second kappa shape index (κ2) is 20.3. The van der Waals surface area contributed by atoms with Gasteiger partial charge >= 0.3 is 6.03 Å². The van der Waals surface area contributed by atoms with Crippen LogP contribution in [0.2, 0.25) is 0 Å². The first kappa shape index (κ1) is 40.7. The van der Waals surface area contributed by atoms with Crippen LogP contribution in [0.1, 0.15) is 105 Å². The standard InChI is InChI=1S/C38H69N7O4S/c1-27(2)24-31-37(48)45(32(25-28(3)4)36(47)44-20-15-29(16-21-44)14-19-42(5)6)23-22-43(31)18-11-7-10-17-39-34(46)13-9-8-12-33-35-30(26-50-33)40-38(49)41-35/h27-33,35H,7-26H2,1-6H3,(H,39,46)(H2,40,41,49)/t30?,31-,32-,33-,35?/m0/s1. The van der Waals surface area contributed by atoms with E-state index >= 15 is 0 Å². The molecule has 12 heteroatoms. The van der Waals surface area contributed by atoms with E-state index in [1.165, 1.54) is 6.42 Å². The molecule has 4 heterocycles. The molecule has 0 radical (unpaired) electrons. The summed E-state index contributed by atoms with van der Waals surface area (Å²) in [6, 6.07) is -0.126. The maximum Gasteiger partial charge on any atom is 0.315 e. The van der Waals surface area contributed by atoms with Gasteiger partial charge in [-0.2, -0.15) is 11.8 Å². The molecule has 0 aliphatic carbocycles. The third kappa shape index (κ3) is 12.3. The monoisotopic (exact) mass is 720 g/mol. The Hall–Kier alpha value is -2.05. The zero-order valence-corrected chi connectivity index (χ0v) is 32.9. The topological polar surface area (TPSA) is 117 Å².